The van der Waals surface area contributed by atoms with Crippen LogP contribution in [0.4, 0.5) is 0 Å². The van der Waals surface area contributed by atoms with Gasteiger partial charge in [-0.2, -0.15) is 0 Å². The number of hydrogen-bond acceptors (Lipinski definition) is 2. The van der Waals surface area contributed by atoms with Gasteiger partial charge in [0.15, 0.2) is 0 Å². The first-order chi connectivity index (χ1) is 23.6. The molecule has 226 valence electrons. The number of nitrogens with zero attached hydrogens (tertiary/aromatic N) is 3. The van der Waals surface area contributed by atoms with Crippen molar-refractivity contribution in [3.8, 4) is 22.5 Å². The number of rotatable bonds is 2. The largest absolute Gasteiger partial charge is 0.309 e. The zero-order chi connectivity index (χ0) is 31.7. The van der Waals surface area contributed by atoms with Gasteiger partial charge in [0.2, 0.25) is 0 Å². The Balaban J connectivity index is 1.31. The summed E-state index contributed by atoms with van der Waals surface area (Å²) in [5.41, 5.74) is 9.43. The number of hydrogen-bond donors (Lipinski definition) is 0. The average Bonchev–Trinajstić information content (AvgIpc) is 3.77. The predicted molar refractivity (Wildman–Crippen MR) is 196 cm³/mol. The van der Waals surface area contributed by atoms with Crippen molar-refractivity contribution in [2.75, 3.05) is 0 Å². The fraction of sp³-hybridized carbons (Fsp3) is 0. The highest BCUT2D eigenvalue weighted by Gasteiger charge is 2.33. The van der Waals surface area contributed by atoms with E-state index >= 15 is 0 Å². The minimum absolute atomic E-state index is 0.321. The second-order valence-corrected chi connectivity index (χ2v) is 14.4. The van der Waals surface area contributed by atoms with Gasteiger partial charge in [-0.1, -0.05) is 91.0 Å². The molecule has 0 spiro atoms. The zero-order valence-corrected chi connectivity index (χ0v) is 26.3. The highest BCUT2D eigenvalue weighted by atomic mass is 32.2. The maximum absolute atomic E-state index is 14.4. The van der Waals surface area contributed by atoms with Crippen LogP contribution in [0.2, 0.25) is 0 Å². The van der Waals surface area contributed by atoms with Crippen LogP contribution in [0, 0.1) is 0 Å². The molecule has 6 heteroatoms. The molecule has 0 N–H and O–H groups in total. The number of aromatic nitrogens is 3. The Morgan fingerprint density at radius 3 is 1.44 bits per heavy atom. The van der Waals surface area contributed by atoms with E-state index in [1.807, 2.05) is 24.3 Å². The minimum Gasteiger partial charge on any atom is -0.309 e. The second kappa shape index (κ2) is 9.03. The molecular weight excluding hydrogens is 611 g/mol. The second-order valence-electron chi connectivity index (χ2n) is 12.6. The molecule has 5 nitrogen and oxygen atoms in total. The molecule has 7 aromatic carbocycles. The van der Waals surface area contributed by atoms with Gasteiger partial charge in [0.1, 0.15) is 0 Å². The van der Waals surface area contributed by atoms with E-state index < -0.39 is 10.0 Å². The van der Waals surface area contributed by atoms with E-state index in [4.69, 9.17) is 0 Å². The lowest BCUT2D eigenvalue weighted by Gasteiger charge is -2.21. The van der Waals surface area contributed by atoms with Crippen LogP contribution in [0.5, 0.6) is 0 Å². The molecule has 0 amide bonds. The molecule has 0 saturated heterocycles. The minimum atomic E-state index is -3.86. The fourth-order valence-corrected chi connectivity index (χ4v) is 9.98. The van der Waals surface area contributed by atoms with Crippen molar-refractivity contribution in [2.24, 2.45) is 0 Å². The van der Waals surface area contributed by atoms with Crippen molar-refractivity contribution in [3.63, 3.8) is 0 Å². The summed E-state index contributed by atoms with van der Waals surface area (Å²) in [5.74, 6) is 0. The van der Waals surface area contributed by atoms with Gasteiger partial charge in [0.05, 0.1) is 38.0 Å². The lowest BCUT2D eigenvalue weighted by Crippen LogP contribution is -2.18. The third-order valence-electron chi connectivity index (χ3n) is 10.2. The van der Waals surface area contributed by atoms with Crippen LogP contribution < -0.4 is 0 Å². The van der Waals surface area contributed by atoms with E-state index in [9.17, 15) is 8.42 Å². The predicted octanol–water partition coefficient (Wildman–Crippen LogP) is 10.2. The Kier molecular flexibility index (Phi) is 4.89. The molecule has 0 atom stereocenters. The number of fused-ring (bicyclic) bond motifs is 11. The molecule has 4 heterocycles. The molecule has 0 unspecified atom stereocenters. The highest BCUT2D eigenvalue weighted by molar-refractivity contribution is 7.90. The lowest BCUT2D eigenvalue weighted by molar-refractivity contribution is 0.590. The van der Waals surface area contributed by atoms with Gasteiger partial charge in [0, 0.05) is 54.8 Å². The van der Waals surface area contributed by atoms with Gasteiger partial charge in [-0.25, -0.2) is 12.4 Å². The molecule has 0 bridgehead atoms. The van der Waals surface area contributed by atoms with Crippen molar-refractivity contribution >= 4 is 75.4 Å². The van der Waals surface area contributed by atoms with Crippen LogP contribution in [0.15, 0.2) is 157 Å². The molecule has 0 aliphatic carbocycles. The third kappa shape index (κ3) is 3.17. The molecule has 48 heavy (non-hydrogen) atoms. The zero-order valence-electron chi connectivity index (χ0n) is 25.5. The van der Waals surface area contributed by atoms with E-state index in [1.165, 1.54) is 21.5 Å². The highest BCUT2D eigenvalue weighted by Crippen LogP contribution is 2.47. The maximum atomic E-state index is 14.4. The number of benzene rings is 7. The summed E-state index contributed by atoms with van der Waals surface area (Å²) in [6, 6.07) is 51.8. The van der Waals surface area contributed by atoms with Gasteiger partial charge in [-0.3, -0.25) is 0 Å². The molecule has 11 rings (SSSR count). The van der Waals surface area contributed by atoms with Gasteiger partial charge in [-0.05, 0) is 60.7 Å². The third-order valence-corrected chi connectivity index (χ3v) is 11.9. The van der Waals surface area contributed by atoms with E-state index in [2.05, 4.69) is 124 Å². The van der Waals surface area contributed by atoms with Crippen molar-refractivity contribution in [3.05, 3.63) is 152 Å². The van der Waals surface area contributed by atoms with Crippen LogP contribution in [0.3, 0.4) is 0 Å². The average molecular weight is 636 g/mol. The Bertz CT molecular complexity index is 3040. The monoisotopic (exact) mass is 635 g/mol. The molecule has 1 aliphatic heterocycles. The Hall–Kier alpha value is -6.11. The van der Waals surface area contributed by atoms with Crippen molar-refractivity contribution in [1.82, 2.24) is 13.1 Å². The summed E-state index contributed by atoms with van der Waals surface area (Å²) in [5, 5.41) is 6.52. The van der Waals surface area contributed by atoms with Crippen molar-refractivity contribution < 1.29 is 8.42 Å². The first-order valence-corrected chi connectivity index (χ1v) is 17.5. The summed E-state index contributed by atoms with van der Waals surface area (Å²) in [6.07, 6.45) is 0. The van der Waals surface area contributed by atoms with Crippen LogP contribution in [0.25, 0.3) is 87.9 Å². The topological polar surface area (TPSA) is 48.9 Å². The molecule has 3 aromatic heterocycles. The summed E-state index contributed by atoms with van der Waals surface area (Å²) in [4.78, 5) is 0.321. The molecule has 0 fully saturated rings. The van der Waals surface area contributed by atoms with Crippen LogP contribution >= 0.6 is 0 Å². The SMILES string of the molecule is O=S1(=O)c2ccccc2-c2cc(-n3c4ccccc4c4ccccc43)cc3c4cc(-n5c6ccccc6c6ccccc65)ccc4n1c23. The summed E-state index contributed by atoms with van der Waals surface area (Å²) < 4.78 is 35.0. The van der Waals surface area contributed by atoms with Gasteiger partial charge in [0.25, 0.3) is 10.0 Å². The first-order valence-electron chi connectivity index (χ1n) is 16.0. The maximum Gasteiger partial charge on any atom is 0.269 e. The van der Waals surface area contributed by atoms with Gasteiger partial charge >= 0.3 is 0 Å². The van der Waals surface area contributed by atoms with Crippen LogP contribution in [-0.4, -0.2) is 21.5 Å². The Morgan fingerprint density at radius 2 is 0.854 bits per heavy atom. The van der Waals surface area contributed by atoms with E-state index in [-0.39, 0.29) is 0 Å². The van der Waals surface area contributed by atoms with E-state index in [1.54, 1.807) is 16.1 Å². The summed E-state index contributed by atoms with van der Waals surface area (Å²) >= 11 is 0. The Morgan fingerprint density at radius 1 is 0.375 bits per heavy atom. The quantitative estimate of drug-likeness (QED) is 0.190. The van der Waals surface area contributed by atoms with Gasteiger partial charge in [-0.15, -0.1) is 0 Å². The number of para-hydroxylation sites is 4. The van der Waals surface area contributed by atoms with E-state index in [0.717, 1.165) is 55.3 Å². The molecule has 0 saturated carbocycles. The molecule has 1 aliphatic rings. The van der Waals surface area contributed by atoms with E-state index in [0.29, 0.717) is 15.9 Å². The standard InChI is InChI=1S/C42H25N3O2S/c46-48(47)41-20-10-5-15-32(41)34-24-27(44-38-18-8-3-13-30(38)31-14-4-9-19-39(31)44)25-35-33-23-26(21-22-40(33)45(48)42(34)35)43-36-16-6-1-11-28(36)29-12-2-7-17-37(29)43/h1-25H. The van der Waals surface area contributed by atoms with Crippen LogP contribution in [0.1, 0.15) is 0 Å². The smallest absolute Gasteiger partial charge is 0.269 e. The van der Waals surface area contributed by atoms with Gasteiger partial charge < -0.3 is 9.13 Å². The Labute approximate surface area is 275 Å². The van der Waals surface area contributed by atoms with Crippen molar-refractivity contribution in [1.29, 1.82) is 0 Å². The molecule has 10 aromatic rings. The lowest BCUT2D eigenvalue weighted by atomic mass is 10.0. The summed E-state index contributed by atoms with van der Waals surface area (Å²) in [6.45, 7) is 0. The molecule has 0 radical (unpaired) electrons. The van der Waals surface area contributed by atoms with Crippen molar-refractivity contribution in [2.45, 2.75) is 4.90 Å². The fourth-order valence-electron chi connectivity index (χ4n) is 8.22. The first kappa shape index (κ1) is 26.0. The molecular formula is C42H25N3O2S. The normalized spacial score (nSPS) is 13.8. The summed E-state index contributed by atoms with van der Waals surface area (Å²) in [7, 11) is -3.86. The van der Waals surface area contributed by atoms with Crippen LogP contribution in [-0.2, 0) is 10.0 Å².